The van der Waals surface area contributed by atoms with Crippen molar-refractivity contribution in [1.29, 1.82) is 0 Å². The lowest BCUT2D eigenvalue weighted by atomic mass is 10.2. The van der Waals surface area contributed by atoms with Crippen LogP contribution in [-0.4, -0.2) is 22.9 Å². The minimum absolute atomic E-state index is 0.0625. The molecule has 0 radical (unpaired) electrons. The van der Waals surface area contributed by atoms with Crippen LogP contribution < -0.4 is 4.74 Å². The Morgan fingerprint density at radius 2 is 1.52 bits per heavy atom. The maximum atomic E-state index is 12.7. The second-order valence-electron chi connectivity index (χ2n) is 5.38. The van der Waals surface area contributed by atoms with E-state index < -0.39 is 0 Å². The lowest BCUT2D eigenvalue weighted by molar-refractivity contribution is 0.103. The molecule has 0 unspecified atom stereocenters. The second-order valence-corrected chi connectivity index (χ2v) is 6.30. The fourth-order valence-electron chi connectivity index (χ4n) is 2.73. The quantitative estimate of drug-likeness (QED) is 0.517. The predicted molar refractivity (Wildman–Crippen MR) is 94.3 cm³/mol. The van der Waals surface area contributed by atoms with Crippen LogP contribution in [0.5, 0.6) is 5.75 Å². The first-order chi connectivity index (χ1) is 11.1. The van der Waals surface area contributed by atoms with E-state index in [1.165, 1.54) is 0 Å². The highest BCUT2D eigenvalue weighted by molar-refractivity contribution is 9.10. The molecule has 2 heterocycles. The smallest absolute Gasteiger partial charge is 0.225 e. The molecule has 114 valence electrons. The average molecular weight is 369 g/mol. The van der Waals surface area contributed by atoms with Gasteiger partial charge in [-0.25, -0.2) is 0 Å². The van der Waals surface area contributed by atoms with Crippen molar-refractivity contribution in [2.75, 3.05) is 7.11 Å². The summed E-state index contributed by atoms with van der Waals surface area (Å²) in [5.41, 5.74) is 2.97. The van der Waals surface area contributed by atoms with Crippen LogP contribution in [0.4, 0.5) is 0 Å². The first kappa shape index (κ1) is 14.1. The van der Waals surface area contributed by atoms with Crippen molar-refractivity contribution in [1.82, 2.24) is 9.97 Å². The molecular formula is C18H13BrN2O2. The molecule has 0 spiro atoms. The number of benzene rings is 2. The van der Waals surface area contributed by atoms with E-state index in [9.17, 15) is 4.79 Å². The van der Waals surface area contributed by atoms with Gasteiger partial charge in [-0.05, 0) is 48.5 Å². The number of fused-ring (bicyclic) bond motifs is 2. The molecule has 0 saturated carbocycles. The second kappa shape index (κ2) is 5.28. The van der Waals surface area contributed by atoms with Gasteiger partial charge in [-0.2, -0.15) is 0 Å². The number of aromatic nitrogens is 2. The maximum Gasteiger partial charge on any atom is 0.225 e. The number of hydrogen-bond acceptors (Lipinski definition) is 2. The van der Waals surface area contributed by atoms with Gasteiger partial charge in [0.1, 0.15) is 5.75 Å². The average Bonchev–Trinajstić information content (AvgIpc) is 3.16. The minimum Gasteiger partial charge on any atom is -0.497 e. The zero-order valence-corrected chi connectivity index (χ0v) is 13.9. The summed E-state index contributed by atoms with van der Waals surface area (Å²) in [5.74, 6) is 0.707. The van der Waals surface area contributed by atoms with E-state index in [1.54, 1.807) is 7.11 Å². The maximum absolute atomic E-state index is 12.7. The molecule has 0 aliphatic carbocycles. The van der Waals surface area contributed by atoms with E-state index in [-0.39, 0.29) is 5.78 Å². The minimum atomic E-state index is -0.0625. The highest BCUT2D eigenvalue weighted by atomic mass is 79.9. The predicted octanol–water partition coefficient (Wildman–Crippen LogP) is 4.65. The Labute approximate surface area is 140 Å². The summed E-state index contributed by atoms with van der Waals surface area (Å²) in [6, 6.07) is 15.3. The van der Waals surface area contributed by atoms with Crippen molar-refractivity contribution in [2.45, 2.75) is 0 Å². The molecule has 23 heavy (non-hydrogen) atoms. The molecule has 5 heteroatoms. The van der Waals surface area contributed by atoms with Crippen LogP contribution in [0.2, 0.25) is 0 Å². The lowest BCUT2D eigenvalue weighted by Gasteiger charge is -1.97. The summed E-state index contributed by atoms with van der Waals surface area (Å²) in [5, 5.41) is 1.95. The molecule has 0 aliphatic heterocycles. The van der Waals surface area contributed by atoms with Crippen molar-refractivity contribution in [3.05, 3.63) is 64.4 Å². The van der Waals surface area contributed by atoms with Gasteiger partial charge >= 0.3 is 0 Å². The molecule has 0 saturated heterocycles. The third-order valence-corrected chi connectivity index (χ3v) is 4.39. The zero-order chi connectivity index (χ0) is 16.0. The van der Waals surface area contributed by atoms with Crippen LogP contribution in [0.1, 0.15) is 16.2 Å². The monoisotopic (exact) mass is 368 g/mol. The van der Waals surface area contributed by atoms with Gasteiger partial charge in [-0.15, -0.1) is 0 Å². The molecule has 4 aromatic rings. The summed E-state index contributed by atoms with van der Waals surface area (Å²) in [6.45, 7) is 0. The van der Waals surface area contributed by atoms with Crippen molar-refractivity contribution in [3.63, 3.8) is 0 Å². The van der Waals surface area contributed by atoms with Crippen molar-refractivity contribution in [3.8, 4) is 5.75 Å². The van der Waals surface area contributed by atoms with Crippen LogP contribution in [0.25, 0.3) is 21.8 Å². The van der Waals surface area contributed by atoms with E-state index in [0.717, 1.165) is 32.0 Å². The molecule has 2 N–H and O–H groups in total. The van der Waals surface area contributed by atoms with Gasteiger partial charge in [-0.3, -0.25) is 4.79 Å². The van der Waals surface area contributed by atoms with Crippen molar-refractivity contribution < 1.29 is 9.53 Å². The molecular weight excluding hydrogens is 356 g/mol. The SMILES string of the molecule is COc1ccc2[nH]c(C(=O)c3cc4cc(Br)ccc4[nH]3)cc2c1. The Morgan fingerprint density at radius 3 is 2.17 bits per heavy atom. The van der Waals surface area contributed by atoms with Gasteiger partial charge in [0.25, 0.3) is 0 Å². The number of nitrogens with one attached hydrogen (secondary N) is 2. The molecule has 2 aromatic heterocycles. The fraction of sp³-hybridized carbons (Fsp3) is 0.0556. The summed E-state index contributed by atoms with van der Waals surface area (Å²) in [7, 11) is 1.63. The van der Waals surface area contributed by atoms with Crippen LogP contribution in [0.3, 0.4) is 0 Å². The van der Waals surface area contributed by atoms with Gasteiger partial charge in [0.2, 0.25) is 5.78 Å². The van der Waals surface area contributed by atoms with Gasteiger partial charge < -0.3 is 14.7 Å². The van der Waals surface area contributed by atoms with E-state index >= 15 is 0 Å². The van der Waals surface area contributed by atoms with Gasteiger partial charge in [-0.1, -0.05) is 15.9 Å². The first-order valence-corrected chi connectivity index (χ1v) is 7.93. The van der Waals surface area contributed by atoms with Gasteiger partial charge in [0.15, 0.2) is 0 Å². The summed E-state index contributed by atoms with van der Waals surface area (Å²) in [4.78, 5) is 19.1. The lowest BCUT2D eigenvalue weighted by Crippen LogP contribution is -2.01. The van der Waals surface area contributed by atoms with E-state index in [2.05, 4.69) is 25.9 Å². The number of ketones is 1. The number of aromatic amines is 2. The summed E-state index contributed by atoms with van der Waals surface area (Å²) < 4.78 is 6.21. The Hall–Kier alpha value is -2.53. The van der Waals surface area contributed by atoms with Crippen molar-refractivity contribution in [2.24, 2.45) is 0 Å². The van der Waals surface area contributed by atoms with Crippen LogP contribution >= 0.6 is 15.9 Å². The number of halogens is 1. The zero-order valence-electron chi connectivity index (χ0n) is 12.3. The topological polar surface area (TPSA) is 57.9 Å². The molecule has 0 bridgehead atoms. The van der Waals surface area contributed by atoms with E-state index in [0.29, 0.717) is 11.4 Å². The molecule has 0 atom stereocenters. The number of methoxy groups -OCH3 is 1. The Bertz CT molecular complexity index is 1050. The number of hydrogen-bond donors (Lipinski definition) is 2. The number of carbonyl (C=O) groups excluding carboxylic acids is 1. The van der Waals surface area contributed by atoms with Gasteiger partial charge in [0.05, 0.1) is 18.5 Å². The van der Waals surface area contributed by atoms with E-state index in [4.69, 9.17) is 4.74 Å². The Kier molecular flexibility index (Phi) is 3.23. The molecule has 4 nitrogen and oxygen atoms in total. The number of H-pyrrole nitrogens is 2. The molecule has 0 fully saturated rings. The van der Waals surface area contributed by atoms with E-state index in [1.807, 2.05) is 48.5 Å². The number of ether oxygens (including phenoxy) is 1. The molecule has 4 rings (SSSR count). The number of carbonyl (C=O) groups is 1. The third kappa shape index (κ3) is 2.43. The Morgan fingerprint density at radius 1 is 0.913 bits per heavy atom. The Balaban J connectivity index is 1.77. The van der Waals surface area contributed by atoms with Crippen LogP contribution in [0, 0.1) is 0 Å². The summed E-state index contributed by atoms with van der Waals surface area (Å²) >= 11 is 3.44. The first-order valence-electron chi connectivity index (χ1n) is 7.14. The standard InChI is InChI=1S/C18H13BrN2O2/c1-23-13-3-5-15-11(7-13)9-17(21-15)18(22)16-8-10-6-12(19)2-4-14(10)20-16/h2-9,20-21H,1H3. The molecule has 0 aliphatic rings. The van der Waals surface area contributed by atoms with Crippen LogP contribution in [0.15, 0.2) is 53.0 Å². The molecule has 2 aromatic carbocycles. The van der Waals surface area contributed by atoms with Crippen molar-refractivity contribution >= 4 is 43.5 Å². The fourth-order valence-corrected chi connectivity index (χ4v) is 3.11. The number of rotatable bonds is 3. The largest absolute Gasteiger partial charge is 0.497 e. The van der Waals surface area contributed by atoms with Crippen LogP contribution in [-0.2, 0) is 0 Å². The summed E-state index contributed by atoms with van der Waals surface area (Å²) in [6.07, 6.45) is 0. The normalized spacial score (nSPS) is 11.2. The third-order valence-electron chi connectivity index (χ3n) is 3.90. The molecule has 0 amide bonds. The highest BCUT2D eigenvalue weighted by Crippen LogP contribution is 2.25. The highest BCUT2D eigenvalue weighted by Gasteiger charge is 2.15. The van der Waals surface area contributed by atoms with Gasteiger partial charge in [0, 0.05) is 26.3 Å².